The molecule has 6 heteroatoms. The molecule has 3 N–H and O–H groups in total. The van der Waals surface area contributed by atoms with Crippen LogP contribution in [-0.4, -0.2) is 23.2 Å². The van der Waals surface area contributed by atoms with Crippen LogP contribution in [0.15, 0.2) is 5.11 Å². The summed E-state index contributed by atoms with van der Waals surface area (Å²) in [5.41, 5.74) is 13.3. The lowest BCUT2D eigenvalue weighted by atomic mass is 10.1. The second-order valence-corrected chi connectivity index (χ2v) is 2.45. The van der Waals surface area contributed by atoms with Crippen molar-refractivity contribution in [1.82, 2.24) is 0 Å². The van der Waals surface area contributed by atoms with E-state index in [1.807, 2.05) is 6.92 Å². The fourth-order valence-electron chi connectivity index (χ4n) is 0.762. The Balaban J connectivity index is 4.01. The van der Waals surface area contributed by atoms with Crippen LogP contribution < -0.4 is 5.73 Å². The molecule has 0 amide bonds. The number of hydrogen-bond acceptors (Lipinski definition) is 3. The van der Waals surface area contributed by atoms with Gasteiger partial charge >= 0.3 is 5.97 Å². The van der Waals surface area contributed by atoms with E-state index < -0.39 is 12.0 Å². The molecule has 0 saturated heterocycles. The fourth-order valence-corrected chi connectivity index (χ4v) is 0.762. The van der Waals surface area contributed by atoms with Gasteiger partial charge in [0.25, 0.3) is 0 Å². The first-order valence-electron chi connectivity index (χ1n) is 3.64. The molecule has 0 spiro atoms. The summed E-state index contributed by atoms with van der Waals surface area (Å²) in [5.74, 6) is -1.07. The molecule has 0 aromatic rings. The normalized spacial score (nSPS) is 14.5. The molecule has 0 fully saturated rings. The predicted molar refractivity (Wildman–Crippen MR) is 43.5 cm³/mol. The van der Waals surface area contributed by atoms with Gasteiger partial charge in [-0.15, -0.1) is 0 Å². The zero-order valence-corrected chi connectivity index (χ0v) is 6.84. The van der Waals surface area contributed by atoms with Crippen molar-refractivity contribution in [3.05, 3.63) is 10.4 Å². The van der Waals surface area contributed by atoms with Crippen LogP contribution in [0.1, 0.15) is 19.8 Å². The van der Waals surface area contributed by atoms with Gasteiger partial charge in [-0.05, 0) is 18.4 Å². The number of carboxylic acids is 1. The Bertz CT molecular complexity index is 200. The topological polar surface area (TPSA) is 112 Å². The van der Waals surface area contributed by atoms with Gasteiger partial charge in [0.1, 0.15) is 6.04 Å². The van der Waals surface area contributed by atoms with Crippen molar-refractivity contribution in [1.29, 1.82) is 0 Å². The molecule has 0 radical (unpaired) electrons. The number of carbonyl (C=O) groups is 1. The first-order valence-corrected chi connectivity index (χ1v) is 3.64. The molecule has 0 aliphatic rings. The summed E-state index contributed by atoms with van der Waals surface area (Å²) in [7, 11) is 0. The molecule has 0 bridgehead atoms. The van der Waals surface area contributed by atoms with Crippen molar-refractivity contribution in [3.8, 4) is 0 Å². The first kappa shape index (κ1) is 10.7. The van der Waals surface area contributed by atoms with E-state index in [-0.39, 0.29) is 12.5 Å². The van der Waals surface area contributed by atoms with Gasteiger partial charge in [-0.1, -0.05) is 12.0 Å². The minimum atomic E-state index is -1.07. The van der Waals surface area contributed by atoms with Crippen molar-refractivity contribution in [2.75, 3.05) is 0 Å². The second kappa shape index (κ2) is 5.40. The molecule has 0 saturated carbocycles. The zero-order chi connectivity index (χ0) is 9.56. The SMILES string of the molecule is CCC(C[C@H](N)C(=O)O)N=[N+]=[N-]. The molecule has 12 heavy (non-hydrogen) atoms. The summed E-state index contributed by atoms with van der Waals surface area (Å²) in [4.78, 5) is 12.9. The van der Waals surface area contributed by atoms with Crippen LogP contribution in [0.2, 0.25) is 0 Å². The van der Waals surface area contributed by atoms with Crippen LogP contribution in [0, 0.1) is 0 Å². The number of nitrogens with two attached hydrogens (primary N) is 1. The second-order valence-electron chi connectivity index (χ2n) is 2.45. The van der Waals surface area contributed by atoms with Gasteiger partial charge in [-0.3, -0.25) is 4.79 Å². The van der Waals surface area contributed by atoms with Gasteiger partial charge in [-0.25, -0.2) is 0 Å². The highest BCUT2D eigenvalue weighted by atomic mass is 16.4. The molecule has 2 atom stereocenters. The average Bonchev–Trinajstić information content (AvgIpc) is 2.03. The number of nitrogens with zero attached hydrogens (tertiary/aromatic N) is 3. The van der Waals surface area contributed by atoms with Crippen molar-refractivity contribution >= 4 is 5.97 Å². The van der Waals surface area contributed by atoms with Gasteiger partial charge in [-0.2, -0.15) is 0 Å². The Morgan fingerprint density at radius 1 is 1.83 bits per heavy atom. The largest absolute Gasteiger partial charge is 0.480 e. The highest BCUT2D eigenvalue weighted by Crippen LogP contribution is 2.05. The third-order valence-electron chi connectivity index (χ3n) is 1.53. The number of azide groups is 1. The van der Waals surface area contributed by atoms with Gasteiger partial charge in [0.2, 0.25) is 0 Å². The van der Waals surface area contributed by atoms with Crippen LogP contribution in [0.3, 0.4) is 0 Å². The minimum absolute atomic E-state index is 0.190. The highest BCUT2D eigenvalue weighted by molar-refractivity contribution is 5.73. The van der Waals surface area contributed by atoms with E-state index in [9.17, 15) is 4.79 Å². The lowest BCUT2D eigenvalue weighted by Crippen LogP contribution is -2.33. The highest BCUT2D eigenvalue weighted by Gasteiger charge is 2.15. The summed E-state index contributed by atoms with van der Waals surface area (Å²) in [6.45, 7) is 1.81. The van der Waals surface area contributed by atoms with E-state index in [1.165, 1.54) is 0 Å². The molecule has 0 aromatic carbocycles. The van der Waals surface area contributed by atoms with Crippen LogP contribution in [0.25, 0.3) is 10.4 Å². The smallest absolute Gasteiger partial charge is 0.320 e. The maximum atomic E-state index is 10.3. The Morgan fingerprint density at radius 3 is 2.75 bits per heavy atom. The maximum absolute atomic E-state index is 10.3. The number of carboxylic acid groups (broad SMARTS) is 1. The standard InChI is InChI=1S/C6H12N4O2/c1-2-4(9-10-8)3-5(7)6(11)12/h4-5H,2-3,7H2,1H3,(H,11,12)/t4?,5-/m0/s1. The van der Waals surface area contributed by atoms with Crippen LogP contribution in [0.5, 0.6) is 0 Å². The van der Waals surface area contributed by atoms with Crippen LogP contribution in [0.4, 0.5) is 0 Å². The molecule has 1 unspecified atom stereocenters. The lowest BCUT2D eigenvalue weighted by molar-refractivity contribution is -0.138. The maximum Gasteiger partial charge on any atom is 0.320 e. The summed E-state index contributed by atoms with van der Waals surface area (Å²) >= 11 is 0. The third kappa shape index (κ3) is 3.80. The molecule has 0 aliphatic heterocycles. The number of rotatable bonds is 5. The molecule has 0 aliphatic carbocycles. The van der Waals surface area contributed by atoms with E-state index in [0.29, 0.717) is 6.42 Å². The average molecular weight is 172 g/mol. The molecular weight excluding hydrogens is 160 g/mol. The Labute approximate surface area is 70.0 Å². The van der Waals surface area contributed by atoms with Gasteiger partial charge in [0, 0.05) is 11.0 Å². The summed E-state index contributed by atoms with van der Waals surface area (Å²) < 4.78 is 0. The minimum Gasteiger partial charge on any atom is -0.480 e. The number of hydrogen-bond donors (Lipinski definition) is 2. The van der Waals surface area contributed by atoms with Gasteiger partial charge in [0.15, 0.2) is 0 Å². The molecule has 0 rings (SSSR count). The van der Waals surface area contributed by atoms with Crippen molar-refractivity contribution in [3.63, 3.8) is 0 Å². The predicted octanol–water partition coefficient (Wildman–Crippen LogP) is 0.877. The van der Waals surface area contributed by atoms with Gasteiger partial charge < -0.3 is 10.8 Å². The quantitative estimate of drug-likeness (QED) is 0.364. The van der Waals surface area contributed by atoms with E-state index in [1.54, 1.807) is 0 Å². The number of aliphatic carboxylic acids is 1. The van der Waals surface area contributed by atoms with Crippen molar-refractivity contribution in [2.45, 2.75) is 31.8 Å². The Hall–Kier alpha value is -1.26. The summed E-state index contributed by atoms with van der Waals surface area (Å²) in [6.07, 6.45) is 0.793. The van der Waals surface area contributed by atoms with Crippen LogP contribution in [-0.2, 0) is 4.79 Å². The monoisotopic (exact) mass is 172 g/mol. The molecule has 68 valence electrons. The molecular formula is C6H12N4O2. The van der Waals surface area contributed by atoms with E-state index in [2.05, 4.69) is 10.0 Å². The molecule has 0 aromatic heterocycles. The van der Waals surface area contributed by atoms with Crippen molar-refractivity contribution in [2.24, 2.45) is 10.8 Å². The zero-order valence-electron chi connectivity index (χ0n) is 6.84. The van der Waals surface area contributed by atoms with Gasteiger partial charge in [0.05, 0.1) is 0 Å². The Morgan fingerprint density at radius 2 is 2.42 bits per heavy atom. The van der Waals surface area contributed by atoms with Crippen LogP contribution >= 0.6 is 0 Å². The Kier molecular flexibility index (Phi) is 4.83. The summed E-state index contributed by atoms with van der Waals surface area (Å²) in [6, 6.07) is -1.26. The van der Waals surface area contributed by atoms with Crippen molar-refractivity contribution < 1.29 is 9.90 Å². The van der Waals surface area contributed by atoms with E-state index in [0.717, 1.165) is 0 Å². The molecule has 0 heterocycles. The lowest BCUT2D eigenvalue weighted by Gasteiger charge is -2.10. The molecule has 6 nitrogen and oxygen atoms in total. The van der Waals surface area contributed by atoms with E-state index >= 15 is 0 Å². The third-order valence-corrected chi connectivity index (χ3v) is 1.53. The van der Waals surface area contributed by atoms with E-state index in [4.69, 9.17) is 16.4 Å². The first-order chi connectivity index (χ1) is 5.61. The fraction of sp³-hybridized carbons (Fsp3) is 0.833. The summed E-state index contributed by atoms with van der Waals surface area (Å²) in [5, 5.41) is 11.8.